The molecule has 0 bridgehead atoms. The van der Waals surface area contributed by atoms with Gasteiger partial charge in [-0.3, -0.25) is 0 Å². The molecule has 0 atom stereocenters. The summed E-state index contributed by atoms with van der Waals surface area (Å²) >= 11 is 1.51. The molecule has 1 fully saturated rings. The highest BCUT2D eigenvalue weighted by atomic mass is 32.1. The van der Waals surface area contributed by atoms with Gasteiger partial charge in [-0.25, -0.2) is 4.98 Å². The fourth-order valence-corrected chi connectivity index (χ4v) is 3.15. The maximum Gasteiger partial charge on any atom is 0.128 e. The van der Waals surface area contributed by atoms with Crippen LogP contribution in [-0.2, 0) is 6.42 Å². The van der Waals surface area contributed by atoms with E-state index < -0.39 is 0 Å². The van der Waals surface area contributed by atoms with Crippen LogP contribution in [-0.4, -0.2) is 12.1 Å². The van der Waals surface area contributed by atoms with Gasteiger partial charge in [0.25, 0.3) is 0 Å². The van der Waals surface area contributed by atoms with Crippen LogP contribution in [0.4, 0.5) is 0 Å². The minimum atomic E-state index is 0.525. The second-order valence-electron chi connectivity index (χ2n) is 4.70. The van der Waals surface area contributed by atoms with E-state index in [4.69, 9.17) is 4.74 Å². The molecule has 0 radical (unpaired) electrons. The van der Waals surface area contributed by atoms with Gasteiger partial charge in [0.05, 0.1) is 17.8 Å². The molecule has 1 heterocycles. The van der Waals surface area contributed by atoms with Crippen molar-refractivity contribution in [2.75, 3.05) is 7.11 Å². The average Bonchev–Trinajstić information content (AvgIpc) is 3.21. The van der Waals surface area contributed by atoms with Crippen molar-refractivity contribution in [2.45, 2.75) is 25.2 Å². The molecule has 1 aliphatic carbocycles. The SMILES string of the molecule is COc1ccccc1Cc1nc(C2CC2)c(C#N)s1. The monoisotopic (exact) mass is 270 g/mol. The molecule has 0 amide bonds. The third-order valence-electron chi connectivity index (χ3n) is 3.30. The molecule has 3 nitrogen and oxygen atoms in total. The van der Waals surface area contributed by atoms with Gasteiger partial charge >= 0.3 is 0 Å². The van der Waals surface area contributed by atoms with Crippen LogP contribution >= 0.6 is 11.3 Å². The molecular formula is C15H14N2OS. The lowest BCUT2D eigenvalue weighted by Gasteiger charge is -2.05. The number of hydrogen-bond acceptors (Lipinski definition) is 4. The van der Waals surface area contributed by atoms with Crippen LogP contribution in [0.1, 0.15) is 39.9 Å². The zero-order valence-corrected chi connectivity index (χ0v) is 11.5. The van der Waals surface area contributed by atoms with Crippen molar-refractivity contribution in [1.29, 1.82) is 5.26 Å². The summed E-state index contributed by atoms with van der Waals surface area (Å²) in [5.74, 6) is 1.40. The first-order valence-electron chi connectivity index (χ1n) is 6.33. The van der Waals surface area contributed by atoms with Crippen LogP contribution in [0.15, 0.2) is 24.3 Å². The summed E-state index contributed by atoms with van der Waals surface area (Å²) in [6, 6.07) is 10.2. The zero-order valence-electron chi connectivity index (χ0n) is 10.7. The summed E-state index contributed by atoms with van der Waals surface area (Å²) in [4.78, 5) is 5.44. The lowest BCUT2D eigenvalue weighted by atomic mass is 10.1. The normalized spacial score (nSPS) is 14.1. The van der Waals surface area contributed by atoms with Crippen molar-refractivity contribution in [1.82, 2.24) is 4.98 Å². The van der Waals surface area contributed by atoms with Gasteiger partial charge in [0.15, 0.2) is 0 Å². The molecule has 4 heteroatoms. The van der Waals surface area contributed by atoms with Gasteiger partial charge in [-0.1, -0.05) is 18.2 Å². The van der Waals surface area contributed by atoms with Gasteiger partial charge in [0, 0.05) is 17.9 Å². The van der Waals surface area contributed by atoms with Gasteiger partial charge < -0.3 is 4.74 Å². The Morgan fingerprint density at radius 2 is 2.21 bits per heavy atom. The fraction of sp³-hybridized carbons (Fsp3) is 0.333. The van der Waals surface area contributed by atoms with Crippen molar-refractivity contribution in [3.05, 3.63) is 45.4 Å². The number of methoxy groups -OCH3 is 1. The Morgan fingerprint density at radius 1 is 1.42 bits per heavy atom. The molecule has 0 saturated heterocycles. The minimum Gasteiger partial charge on any atom is -0.496 e. The van der Waals surface area contributed by atoms with E-state index in [0.29, 0.717) is 5.92 Å². The summed E-state index contributed by atoms with van der Waals surface area (Å²) in [6.45, 7) is 0. The molecule has 1 aromatic heterocycles. The van der Waals surface area contributed by atoms with Crippen LogP contribution in [0.3, 0.4) is 0 Å². The Bertz CT molecular complexity index is 638. The highest BCUT2D eigenvalue weighted by Crippen LogP contribution is 2.42. The van der Waals surface area contributed by atoms with E-state index in [-0.39, 0.29) is 0 Å². The highest BCUT2D eigenvalue weighted by molar-refractivity contribution is 7.12. The summed E-state index contributed by atoms with van der Waals surface area (Å²) in [5, 5.41) is 10.2. The number of hydrogen-bond donors (Lipinski definition) is 0. The third-order valence-corrected chi connectivity index (χ3v) is 4.27. The van der Waals surface area contributed by atoms with Gasteiger partial charge in [0.2, 0.25) is 0 Å². The maximum absolute atomic E-state index is 9.17. The van der Waals surface area contributed by atoms with Crippen molar-refractivity contribution >= 4 is 11.3 Å². The van der Waals surface area contributed by atoms with Crippen molar-refractivity contribution in [3.8, 4) is 11.8 Å². The minimum absolute atomic E-state index is 0.525. The number of thiazole rings is 1. The number of benzene rings is 1. The Kier molecular flexibility index (Phi) is 3.22. The van der Waals surface area contributed by atoms with Gasteiger partial charge in [-0.05, 0) is 18.9 Å². The standard InChI is InChI=1S/C15H14N2OS/c1-18-12-5-3-2-4-11(12)8-14-17-15(10-6-7-10)13(9-16)19-14/h2-5,10H,6-8H2,1H3. The molecule has 19 heavy (non-hydrogen) atoms. The molecule has 0 aliphatic heterocycles. The predicted molar refractivity (Wildman–Crippen MR) is 74.6 cm³/mol. The van der Waals surface area contributed by atoms with E-state index in [1.54, 1.807) is 7.11 Å². The highest BCUT2D eigenvalue weighted by Gasteiger charge is 2.29. The summed E-state index contributed by atoms with van der Waals surface area (Å²) in [5.41, 5.74) is 2.13. The number of ether oxygens (including phenoxy) is 1. The topological polar surface area (TPSA) is 45.9 Å². The molecule has 1 aromatic carbocycles. The Balaban J connectivity index is 1.89. The van der Waals surface area contributed by atoms with E-state index in [1.807, 2.05) is 24.3 Å². The van der Waals surface area contributed by atoms with Crippen LogP contribution in [0.25, 0.3) is 0 Å². The third kappa shape index (κ3) is 2.47. The Morgan fingerprint density at radius 3 is 2.89 bits per heavy atom. The fourth-order valence-electron chi connectivity index (χ4n) is 2.18. The average molecular weight is 270 g/mol. The number of aromatic nitrogens is 1. The second-order valence-corrected chi connectivity index (χ2v) is 5.78. The number of rotatable bonds is 4. The molecule has 1 aliphatic rings. The maximum atomic E-state index is 9.17. The first-order chi connectivity index (χ1) is 9.31. The molecule has 1 saturated carbocycles. The number of nitrogens with zero attached hydrogens (tertiary/aromatic N) is 2. The first-order valence-corrected chi connectivity index (χ1v) is 7.15. The molecule has 0 unspecified atom stereocenters. The van der Waals surface area contributed by atoms with Crippen LogP contribution in [0.5, 0.6) is 5.75 Å². The lowest BCUT2D eigenvalue weighted by molar-refractivity contribution is 0.410. The lowest BCUT2D eigenvalue weighted by Crippen LogP contribution is -1.93. The van der Waals surface area contributed by atoms with Crippen LogP contribution in [0.2, 0.25) is 0 Å². The second kappa shape index (κ2) is 5.02. The van der Waals surface area contributed by atoms with Crippen molar-refractivity contribution in [3.63, 3.8) is 0 Å². The Labute approximate surface area is 116 Å². The number of para-hydroxylation sites is 1. The smallest absolute Gasteiger partial charge is 0.128 e. The largest absolute Gasteiger partial charge is 0.496 e. The predicted octanol–water partition coefficient (Wildman–Crippen LogP) is 3.49. The van der Waals surface area contributed by atoms with E-state index in [0.717, 1.165) is 33.3 Å². The summed E-state index contributed by atoms with van der Waals surface area (Å²) < 4.78 is 5.35. The van der Waals surface area contributed by atoms with Crippen molar-refractivity contribution < 1.29 is 4.74 Å². The molecule has 3 rings (SSSR count). The molecular weight excluding hydrogens is 256 g/mol. The quantitative estimate of drug-likeness (QED) is 0.854. The van der Waals surface area contributed by atoms with Gasteiger partial charge in [0.1, 0.15) is 16.7 Å². The summed E-state index contributed by atoms with van der Waals surface area (Å²) in [6.07, 6.45) is 3.08. The molecule has 0 spiro atoms. The summed E-state index contributed by atoms with van der Waals surface area (Å²) in [7, 11) is 1.68. The van der Waals surface area contributed by atoms with E-state index >= 15 is 0 Å². The zero-order chi connectivity index (χ0) is 13.2. The van der Waals surface area contributed by atoms with Gasteiger partial charge in [-0.2, -0.15) is 5.26 Å². The Hall–Kier alpha value is -1.86. The number of nitriles is 1. The van der Waals surface area contributed by atoms with Crippen LogP contribution in [0, 0.1) is 11.3 Å². The molecule has 2 aromatic rings. The van der Waals surface area contributed by atoms with E-state index in [9.17, 15) is 5.26 Å². The van der Waals surface area contributed by atoms with E-state index in [2.05, 4.69) is 11.1 Å². The van der Waals surface area contributed by atoms with Crippen LogP contribution < -0.4 is 4.74 Å². The van der Waals surface area contributed by atoms with Gasteiger partial charge in [-0.15, -0.1) is 11.3 Å². The van der Waals surface area contributed by atoms with Crippen molar-refractivity contribution in [2.24, 2.45) is 0 Å². The van der Waals surface area contributed by atoms with E-state index in [1.165, 1.54) is 24.2 Å². The molecule has 0 N–H and O–H groups in total. The first kappa shape index (κ1) is 12.2. The molecule has 96 valence electrons.